The topological polar surface area (TPSA) is 87.2 Å². The Morgan fingerprint density at radius 1 is 0.215 bits per heavy atom. The maximum atomic E-state index is 5.74. The van der Waals surface area contributed by atoms with E-state index in [0.29, 0.717) is 11.6 Å². The first-order valence-corrected chi connectivity index (χ1v) is 31.3. The van der Waals surface area contributed by atoms with Gasteiger partial charge in [0.25, 0.3) is 0 Å². The van der Waals surface area contributed by atoms with Crippen LogP contribution in [-0.2, 0) is 0 Å². The molecule has 0 bridgehead atoms. The number of fused-ring (bicyclic) bond motifs is 6. The smallest absolute Gasteiger partial charge is 0.160 e. The van der Waals surface area contributed by atoms with Crippen LogP contribution in [-0.4, -0.2) is 39.0 Å². The van der Waals surface area contributed by atoms with Crippen LogP contribution in [0, 0.1) is 6.92 Å². The lowest BCUT2D eigenvalue weighted by molar-refractivity contribution is 1.12. The lowest BCUT2D eigenvalue weighted by Gasteiger charge is -2.22. The summed E-state index contributed by atoms with van der Waals surface area (Å²) in [5.41, 5.74) is 23.2. The highest BCUT2D eigenvalue weighted by Gasteiger charge is 2.27. The van der Waals surface area contributed by atoms with Gasteiger partial charge < -0.3 is 9.13 Å². The molecule has 8 nitrogen and oxygen atoms in total. The lowest BCUT2D eigenvalue weighted by atomic mass is 9.97. The molecule has 93 heavy (non-hydrogen) atoms. The van der Waals surface area contributed by atoms with Crippen molar-refractivity contribution in [2.24, 2.45) is 0 Å². The number of pyridine rings is 2. The van der Waals surface area contributed by atoms with E-state index in [2.05, 4.69) is 277 Å². The number of aryl methyl sites for hydroxylation is 1. The fourth-order valence-corrected chi connectivity index (χ4v) is 13.2. The molecule has 17 aromatic rings. The van der Waals surface area contributed by atoms with E-state index < -0.39 is 0 Å². The molecule has 17 rings (SSSR count). The SMILES string of the molecule is Cc1ccc2c(c1)c1ccccc1n2-c1cc(-c2cc(-c3ccccc3)nc(-c3ccccc3)n2)c(-n2c3ccc(-c4cccc(-c5ccccc5)n4)cc3c3cc(-c4cccc(-c5ccccc5)n4)ccc32)c(-c2cc(-c3ccccc3)nc(-c3ccccc3)n2)c1. The minimum absolute atomic E-state index is 0.601. The summed E-state index contributed by atoms with van der Waals surface area (Å²) < 4.78 is 4.86. The zero-order valence-corrected chi connectivity index (χ0v) is 50.7. The van der Waals surface area contributed by atoms with Crippen LogP contribution in [0.3, 0.4) is 0 Å². The van der Waals surface area contributed by atoms with E-state index in [9.17, 15) is 0 Å². The Bertz CT molecular complexity index is 5270. The van der Waals surface area contributed by atoms with Crippen molar-refractivity contribution < 1.29 is 0 Å². The second kappa shape index (κ2) is 23.1. The van der Waals surface area contributed by atoms with Crippen molar-refractivity contribution in [1.29, 1.82) is 0 Å². The van der Waals surface area contributed by atoms with Crippen molar-refractivity contribution in [3.63, 3.8) is 0 Å². The van der Waals surface area contributed by atoms with Gasteiger partial charge in [0, 0.05) is 82.9 Å². The lowest BCUT2D eigenvalue weighted by Crippen LogP contribution is -2.07. The summed E-state index contributed by atoms with van der Waals surface area (Å²) in [5, 5.41) is 4.39. The first-order chi connectivity index (χ1) is 46.0. The van der Waals surface area contributed by atoms with Gasteiger partial charge in [-0.1, -0.05) is 236 Å². The second-order valence-corrected chi connectivity index (χ2v) is 23.5. The fraction of sp³-hybridized carbons (Fsp3) is 0.0118. The Balaban J connectivity index is 1.03. The summed E-state index contributed by atoms with van der Waals surface area (Å²) in [7, 11) is 0. The van der Waals surface area contributed by atoms with E-state index in [4.69, 9.17) is 29.9 Å². The predicted octanol–water partition coefficient (Wildman–Crippen LogP) is 21.2. The Kier molecular flexibility index (Phi) is 13.6. The Labute approximate surface area is 537 Å². The summed E-state index contributed by atoms with van der Waals surface area (Å²) in [5.74, 6) is 1.20. The Morgan fingerprint density at radius 2 is 0.559 bits per heavy atom. The van der Waals surface area contributed by atoms with Crippen LogP contribution >= 0.6 is 0 Å². The minimum atomic E-state index is 0.601. The van der Waals surface area contributed by atoms with Crippen LogP contribution in [0.4, 0.5) is 0 Å². The molecule has 0 amide bonds. The second-order valence-electron chi connectivity index (χ2n) is 23.5. The normalized spacial score (nSPS) is 11.5. The van der Waals surface area contributed by atoms with Gasteiger partial charge in [-0.05, 0) is 97.9 Å². The molecule has 0 aliphatic carbocycles. The van der Waals surface area contributed by atoms with E-state index in [1.54, 1.807) is 0 Å². The molecule has 0 fully saturated rings. The highest BCUT2D eigenvalue weighted by molar-refractivity contribution is 6.14. The van der Waals surface area contributed by atoms with Gasteiger partial charge in [-0.3, -0.25) is 0 Å². The van der Waals surface area contributed by atoms with Crippen molar-refractivity contribution in [2.75, 3.05) is 0 Å². The molecule has 0 N–H and O–H groups in total. The number of rotatable bonds is 12. The number of hydrogen-bond donors (Lipinski definition) is 0. The molecule has 6 aromatic heterocycles. The van der Waals surface area contributed by atoms with Crippen molar-refractivity contribution in [1.82, 2.24) is 39.0 Å². The van der Waals surface area contributed by atoms with E-state index >= 15 is 0 Å². The summed E-state index contributed by atoms with van der Waals surface area (Å²) >= 11 is 0. The standard InChI is InChI=1S/C85H56N8/c1-55-42-45-80-66(48-55)65-36-20-21-41-79(65)92(80)64-51-69(77-53-75(58-28-12-4-13-29-58)88-84(90-77)60-32-16-6-17-33-60)83(70(52-64)78-54-76(59-30-14-5-15-31-59)89-85(91-78)61-34-18-7-19-35-61)93-81-46-43-62(73-39-22-37-71(86-73)56-24-8-2-9-25-56)49-67(81)68-50-63(44-47-82(68)93)74-40-23-38-72(87-74)57-26-10-3-11-27-57/h2-54H,1H3. The van der Waals surface area contributed by atoms with E-state index in [1.807, 2.05) is 60.7 Å². The van der Waals surface area contributed by atoms with E-state index in [-0.39, 0.29) is 0 Å². The fourth-order valence-electron chi connectivity index (χ4n) is 13.2. The zero-order chi connectivity index (χ0) is 61.8. The number of hydrogen-bond acceptors (Lipinski definition) is 6. The predicted molar refractivity (Wildman–Crippen MR) is 381 cm³/mol. The monoisotopic (exact) mass is 1190 g/mol. The zero-order valence-electron chi connectivity index (χ0n) is 50.7. The first kappa shape index (κ1) is 54.6. The van der Waals surface area contributed by atoms with Gasteiger partial charge in [-0.2, -0.15) is 0 Å². The molecule has 0 saturated carbocycles. The third kappa shape index (κ3) is 10.1. The van der Waals surface area contributed by atoms with Crippen LogP contribution in [0.15, 0.2) is 322 Å². The van der Waals surface area contributed by atoms with Crippen molar-refractivity contribution >= 4 is 43.6 Å². The van der Waals surface area contributed by atoms with E-state index in [1.165, 1.54) is 10.9 Å². The number of benzene rings is 11. The van der Waals surface area contributed by atoms with Crippen LogP contribution in [0.25, 0.3) is 168 Å². The third-order valence-corrected chi connectivity index (χ3v) is 17.6. The van der Waals surface area contributed by atoms with E-state index in [0.717, 1.165) is 151 Å². The molecule has 0 atom stereocenters. The molecule has 11 aromatic carbocycles. The van der Waals surface area contributed by atoms with Crippen molar-refractivity contribution in [3.05, 3.63) is 327 Å². The van der Waals surface area contributed by atoms with Gasteiger partial charge in [-0.15, -0.1) is 0 Å². The molecule has 6 heterocycles. The van der Waals surface area contributed by atoms with Crippen LogP contribution in [0.5, 0.6) is 0 Å². The summed E-state index contributed by atoms with van der Waals surface area (Å²) in [6, 6.07) is 113. The maximum Gasteiger partial charge on any atom is 0.160 e. The van der Waals surface area contributed by atoms with Gasteiger partial charge >= 0.3 is 0 Å². The quantitative estimate of drug-likeness (QED) is 0.121. The van der Waals surface area contributed by atoms with Crippen LogP contribution < -0.4 is 0 Å². The molecule has 0 radical (unpaired) electrons. The number of aromatic nitrogens is 8. The first-order valence-electron chi connectivity index (χ1n) is 31.3. The minimum Gasteiger partial charge on any atom is -0.309 e. The third-order valence-electron chi connectivity index (χ3n) is 17.6. The van der Waals surface area contributed by atoms with Gasteiger partial charge in [0.1, 0.15) is 0 Å². The summed E-state index contributed by atoms with van der Waals surface area (Å²) in [4.78, 5) is 33.0. The van der Waals surface area contributed by atoms with Crippen LogP contribution in [0.1, 0.15) is 5.56 Å². The van der Waals surface area contributed by atoms with Crippen molar-refractivity contribution in [2.45, 2.75) is 6.92 Å². The van der Waals surface area contributed by atoms with Gasteiger partial charge in [0.2, 0.25) is 0 Å². The molecule has 0 spiro atoms. The maximum absolute atomic E-state index is 5.74. The van der Waals surface area contributed by atoms with Gasteiger partial charge in [0.15, 0.2) is 11.6 Å². The Morgan fingerprint density at radius 3 is 1.01 bits per heavy atom. The number of nitrogens with zero attached hydrogens (tertiary/aromatic N) is 8. The molecule has 8 heteroatoms. The molecular weight excluding hydrogens is 1130 g/mol. The highest BCUT2D eigenvalue weighted by atomic mass is 15.0. The summed E-state index contributed by atoms with van der Waals surface area (Å²) in [6.45, 7) is 2.17. The average molecular weight is 1190 g/mol. The molecule has 0 unspecified atom stereocenters. The molecule has 0 aliphatic heterocycles. The Hall–Kier alpha value is -12.5. The van der Waals surface area contributed by atoms with Crippen molar-refractivity contribution in [3.8, 4) is 124 Å². The van der Waals surface area contributed by atoms with Gasteiger partial charge in [-0.25, -0.2) is 29.9 Å². The highest BCUT2D eigenvalue weighted by Crippen LogP contribution is 2.47. The van der Waals surface area contributed by atoms with Crippen LogP contribution in [0.2, 0.25) is 0 Å². The molecule has 436 valence electrons. The molecule has 0 aliphatic rings. The average Bonchev–Trinajstić information content (AvgIpc) is 1.62. The van der Waals surface area contributed by atoms with Gasteiger partial charge in [0.05, 0.1) is 73.3 Å². The molecular formula is C85H56N8. The molecule has 0 saturated heterocycles. The summed E-state index contributed by atoms with van der Waals surface area (Å²) in [6.07, 6.45) is 0. The largest absolute Gasteiger partial charge is 0.309 e. The number of para-hydroxylation sites is 1.